The lowest BCUT2D eigenvalue weighted by atomic mass is 10.00. The number of hydrogen-bond donors (Lipinski definition) is 1. The van der Waals surface area contributed by atoms with E-state index in [1.165, 1.54) is 45.2 Å². The first-order chi connectivity index (χ1) is 13.7. The summed E-state index contributed by atoms with van der Waals surface area (Å²) in [5, 5.41) is 0.875. The van der Waals surface area contributed by atoms with Crippen LogP contribution in [0, 0.1) is 0 Å². The highest BCUT2D eigenvalue weighted by Crippen LogP contribution is 2.28. The van der Waals surface area contributed by atoms with Crippen LogP contribution in [0.25, 0.3) is 22.1 Å². The van der Waals surface area contributed by atoms with Crippen molar-refractivity contribution in [3.8, 4) is 0 Å². The fourth-order valence-electron chi connectivity index (χ4n) is 4.69. The molecule has 5 rings (SSSR count). The molecule has 2 aliphatic heterocycles. The highest BCUT2D eigenvalue weighted by Gasteiger charge is 2.26. The van der Waals surface area contributed by atoms with Gasteiger partial charge in [0, 0.05) is 29.0 Å². The number of likely N-dealkylation sites (tertiary alicyclic amines) is 2. The van der Waals surface area contributed by atoms with E-state index in [1.807, 2.05) is 18.2 Å². The predicted octanol–water partition coefficient (Wildman–Crippen LogP) is 3.88. The normalized spacial score (nSPS) is 20.3. The van der Waals surface area contributed by atoms with Crippen LogP contribution in [0.3, 0.4) is 0 Å². The molecule has 0 unspecified atom stereocenters. The van der Waals surface area contributed by atoms with Crippen LogP contribution in [0.15, 0.2) is 31.9 Å². The number of aromatic amines is 1. The zero-order chi connectivity index (χ0) is 19.1. The number of H-pyrrole nitrogens is 1. The first kappa shape index (κ1) is 18.3. The molecule has 0 saturated carbocycles. The molecule has 3 aromatic rings. The Kier molecular flexibility index (Phi) is 4.99. The number of halogens is 1. The molecule has 0 bridgehead atoms. The molecule has 1 N–H and O–H groups in total. The van der Waals surface area contributed by atoms with Crippen LogP contribution in [0.4, 0.5) is 0 Å². The molecule has 4 heterocycles. The molecule has 7 heteroatoms. The fourth-order valence-corrected chi connectivity index (χ4v) is 5.05. The second-order valence-corrected chi connectivity index (χ2v) is 8.95. The maximum atomic E-state index is 12.5. The maximum absolute atomic E-state index is 12.5. The molecule has 2 fully saturated rings. The molecule has 1 aromatic carbocycles. The van der Waals surface area contributed by atoms with Gasteiger partial charge in [0.25, 0.3) is 5.56 Å². The molecule has 6 nitrogen and oxygen atoms in total. The minimum Gasteiger partial charge on any atom is -0.449 e. The van der Waals surface area contributed by atoms with E-state index in [4.69, 9.17) is 9.40 Å². The van der Waals surface area contributed by atoms with Gasteiger partial charge in [0.2, 0.25) is 5.58 Å². The average Bonchev–Trinajstić information content (AvgIpc) is 3.08. The minimum absolute atomic E-state index is 0.199. The van der Waals surface area contributed by atoms with Gasteiger partial charge in [0.1, 0.15) is 16.9 Å². The van der Waals surface area contributed by atoms with Gasteiger partial charge in [-0.1, -0.05) is 22.4 Å². The van der Waals surface area contributed by atoms with Gasteiger partial charge in [0.15, 0.2) is 0 Å². The summed E-state index contributed by atoms with van der Waals surface area (Å²) in [6, 6.07) is 6.46. The van der Waals surface area contributed by atoms with Gasteiger partial charge in [0.05, 0.1) is 6.54 Å². The van der Waals surface area contributed by atoms with Gasteiger partial charge in [-0.3, -0.25) is 9.69 Å². The SMILES string of the molecule is O=c1[nH]c(CN2CCC(N3CCCCC3)CC2)nc2c1oc1ccc(Br)cc12. The molecule has 0 spiro atoms. The van der Waals surface area contributed by atoms with E-state index in [0.717, 1.165) is 34.8 Å². The molecular formula is C21H25BrN4O2. The van der Waals surface area contributed by atoms with Crippen LogP contribution in [0.2, 0.25) is 0 Å². The number of nitrogens with zero attached hydrogens (tertiary/aromatic N) is 3. The number of rotatable bonds is 3. The Morgan fingerprint density at radius 2 is 1.93 bits per heavy atom. The first-order valence-electron chi connectivity index (χ1n) is 10.2. The molecule has 148 valence electrons. The molecule has 2 aliphatic rings. The van der Waals surface area contributed by atoms with E-state index in [1.54, 1.807) is 0 Å². The summed E-state index contributed by atoms with van der Waals surface area (Å²) in [5.41, 5.74) is 1.45. The summed E-state index contributed by atoms with van der Waals surface area (Å²) in [7, 11) is 0. The minimum atomic E-state index is -0.199. The zero-order valence-electron chi connectivity index (χ0n) is 15.9. The Hall–Kier alpha value is -1.70. The van der Waals surface area contributed by atoms with Crippen molar-refractivity contribution < 1.29 is 4.42 Å². The molecule has 2 aromatic heterocycles. The first-order valence-corrected chi connectivity index (χ1v) is 11.0. The van der Waals surface area contributed by atoms with Gasteiger partial charge in [-0.25, -0.2) is 4.98 Å². The van der Waals surface area contributed by atoms with Crippen LogP contribution in [-0.4, -0.2) is 52.0 Å². The number of fused-ring (bicyclic) bond motifs is 3. The average molecular weight is 445 g/mol. The molecule has 0 amide bonds. The fraction of sp³-hybridized carbons (Fsp3) is 0.524. The summed E-state index contributed by atoms with van der Waals surface area (Å²) in [6.07, 6.45) is 6.48. The van der Waals surface area contributed by atoms with E-state index in [0.29, 0.717) is 23.2 Å². The van der Waals surface area contributed by atoms with Crippen molar-refractivity contribution in [2.24, 2.45) is 0 Å². The van der Waals surface area contributed by atoms with Gasteiger partial charge >= 0.3 is 0 Å². The van der Waals surface area contributed by atoms with Crippen LogP contribution < -0.4 is 5.56 Å². The molecule has 0 radical (unpaired) electrons. The van der Waals surface area contributed by atoms with Crippen molar-refractivity contribution in [2.45, 2.75) is 44.7 Å². The van der Waals surface area contributed by atoms with E-state index >= 15 is 0 Å². The second-order valence-electron chi connectivity index (χ2n) is 8.04. The number of aromatic nitrogens is 2. The topological polar surface area (TPSA) is 65.4 Å². The Morgan fingerprint density at radius 1 is 1.14 bits per heavy atom. The van der Waals surface area contributed by atoms with E-state index in [-0.39, 0.29) is 5.56 Å². The lowest BCUT2D eigenvalue weighted by molar-refractivity contribution is 0.0885. The number of hydrogen-bond acceptors (Lipinski definition) is 5. The Balaban J connectivity index is 1.33. The summed E-state index contributed by atoms with van der Waals surface area (Å²) >= 11 is 3.49. The summed E-state index contributed by atoms with van der Waals surface area (Å²) < 4.78 is 6.67. The summed E-state index contributed by atoms with van der Waals surface area (Å²) in [6.45, 7) is 5.32. The third-order valence-corrected chi connectivity index (χ3v) is 6.67. The molecule has 28 heavy (non-hydrogen) atoms. The summed E-state index contributed by atoms with van der Waals surface area (Å²) in [4.78, 5) is 25.3. The summed E-state index contributed by atoms with van der Waals surface area (Å²) in [5.74, 6) is 0.719. The predicted molar refractivity (Wildman–Crippen MR) is 114 cm³/mol. The largest absolute Gasteiger partial charge is 0.449 e. The van der Waals surface area contributed by atoms with Crippen LogP contribution >= 0.6 is 15.9 Å². The number of furan rings is 1. The lowest BCUT2D eigenvalue weighted by Gasteiger charge is -2.40. The van der Waals surface area contributed by atoms with Crippen molar-refractivity contribution in [3.63, 3.8) is 0 Å². The third kappa shape index (κ3) is 3.51. The third-order valence-electron chi connectivity index (χ3n) is 6.17. The molecular weight excluding hydrogens is 420 g/mol. The van der Waals surface area contributed by atoms with Crippen molar-refractivity contribution in [3.05, 3.63) is 38.9 Å². The molecule has 0 atom stereocenters. The Morgan fingerprint density at radius 3 is 2.71 bits per heavy atom. The van der Waals surface area contributed by atoms with E-state index in [9.17, 15) is 4.79 Å². The zero-order valence-corrected chi connectivity index (χ0v) is 17.5. The number of piperidine rings is 2. The highest BCUT2D eigenvalue weighted by molar-refractivity contribution is 9.10. The van der Waals surface area contributed by atoms with Gasteiger partial charge < -0.3 is 14.3 Å². The Bertz CT molecular complexity index is 1050. The van der Waals surface area contributed by atoms with Crippen LogP contribution in [-0.2, 0) is 6.54 Å². The second kappa shape index (κ2) is 7.61. The Labute approximate surface area is 172 Å². The van der Waals surface area contributed by atoms with Crippen LogP contribution in [0.1, 0.15) is 37.9 Å². The lowest BCUT2D eigenvalue weighted by Crippen LogP contribution is -2.46. The maximum Gasteiger partial charge on any atom is 0.294 e. The molecule has 2 saturated heterocycles. The van der Waals surface area contributed by atoms with E-state index < -0.39 is 0 Å². The number of nitrogens with one attached hydrogen (secondary N) is 1. The smallest absolute Gasteiger partial charge is 0.294 e. The number of benzene rings is 1. The highest BCUT2D eigenvalue weighted by atomic mass is 79.9. The monoisotopic (exact) mass is 444 g/mol. The van der Waals surface area contributed by atoms with Crippen molar-refractivity contribution in [1.29, 1.82) is 0 Å². The standard InChI is InChI=1S/C21H25BrN4O2/c22-14-4-5-17-16(12-14)19-20(28-17)21(27)24-18(23-19)13-25-10-6-15(7-11-25)26-8-2-1-3-9-26/h4-5,12,15H,1-3,6-11,13H2,(H,23,24,27). The van der Waals surface area contributed by atoms with E-state index in [2.05, 4.69) is 30.7 Å². The van der Waals surface area contributed by atoms with Crippen molar-refractivity contribution in [1.82, 2.24) is 19.8 Å². The van der Waals surface area contributed by atoms with Crippen molar-refractivity contribution in [2.75, 3.05) is 26.2 Å². The van der Waals surface area contributed by atoms with Gasteiger partial charge in [-0.05, 0) is 57.0 Å². The van der Waals surface area contributed by atoms with Crippen molar-refractivity contribution >= 4 is 38.0 Å². The van der Waals surface area contributed by atoms with Gasteiger partial charge in [-0.15, -0.1) is 0 Å². The molecule has 0 aliphatic carbocycles. The quantitative estimate of drug-likeness (QED) is 0.663. The van der Waals surface area contributed by atoms with Gasteiger partial charge in [-0.2, -0.15) is 0 Å². The van der Waals surface area contributed by atoms with Crippen LogP contribution in [0.5, 0.6) is 0 Å².